The molecular weight excluding hydrogens is 273 g/mol. The molecule has 0 bridgehead atoms. The average molecular weight is 291 g/mol. The van der Waals surface area contributed by atoms with Gasteiger partial charge in [0.25, 0.3) is 0 Å². The molecule has 1 amide bonds. The minimum Gasteiger partial charge on any atom is -0.481 e. The van der Waals surface area contributed by atoms with Crippen molar-refractivity contribution in [2.45, 2.75) is 38.5 Å². The number of hydrogen-bond acceptors (Lipinski definition) is 2. The van der Waals surface area contributed by atoms with Crippen LogP contribution in [-0.2, 0) is 16.0 Å². The maximum atomic E-state index is 13.3. The second-order valence-electron chi connectivity index (χ2n) is 6.04. The highest BCUT2D eigenvalue weighted by atomic mass is 19.1. The number of fused-ring (bicyclic) bond motifs is 1. The molecule has 0 saturated heterocycles. The highest BCUT2D eigenvalue weighted by Crippen LogP contribution is 2.45. The van der Waals surface area contributed by atoms with Crippen molar-refractivity contribution in [3.63, 3.8) is 0 Å². The van der Waals surface area contributed by atoms with E-state index in [-0.39, 0.29) is 18.1 Å². The lowest BCUT2D eigenvalue weighted by Crippen LogP contribution is -2.45. The highest BCUT2D eigenvalue weighted by molar-refractivity contribution is 5.97. The number of aliphatic carboxylic acids is 1. The van der Waals surface area contributed by atoms with Crippen molar-refractivity contribution >= 4 is 17.6 Å². The summed E-state index contributed by atoms with van der Waals surface area (Å²) in [5.41, 5.74) is 0.675. The number of benzene rings is 1. The van der Waals surface area contributed by atoms with Crippen molar-refractivity contribution in [1.29, 1.82) is 0 Å². The number of carbonyl (C=O) groups is 2. The fourth-order valence-corrected chi connectivity index (χ4v) is 3.28. The van der Waals surface area contributed by atoms with Crippen molar-refractivity contribution in [3.8, 4) is 0 Å². The van der Waals surface area contributed by atoms with Crippen molar-refractivity contribution in [2.24, 2.45) is 5.41 Å². The van der Waals surface area contributed by atoms with E-state index in [1.54, 1.807) is 11.0 Å². The van der Waals surface area contributed by atoms with E-state index in [0.717, 1.165) is 30.5 Å². The predicted molar refractivity (Wildman–Crippen MR) is 75.6 cm³/mol. The largest absolute Gasteiger partial charge is 0.481 e. The van der Waals surface area contributed by atoms with Gasteiger partial charge in [-0.05, 0) is 49.4 Å². The van der Waals surface area contributed by atoms with Crippen molar-refractivity contribution in [1.82, 2.24) is 0 Å². The van der Waals surface area contributed by atoms with Crippen LogP contribution in [0.15, 0.2) is 18.2 Å². The Morgan fingerprint density at radius 1 is 1.29 bits per heavy atom. The first kappa shape index (κ1) is 14.0. The number of carbonyl (C=O) groups excluding carboxylic acids is 1. The normalized spacial score (nSPS) is 19.6. The number of carboxylic acids is 1. The van der Waals surface area contributed by atoms with Gasteiger partial charge >= 0.3 is 5.97 Å². The zero-order chi connectivity index (χ0) is 15.0. The molecule has 3 rings (SSSR count). The SMILES string of the molecule is O=C(CC1(C(=O)O)CCC1)N1CCCc2cc(F)ccc21. The number of carboxylic acid groups (broad SMARTS) is 1. The van der Waals surface area contributed by atoms with E-state index in [1.807, 2.05) is 0 Å². The Balaban J connectivity index is 1.82. The zero-order valence-corrected chi connectivity index (χ0v) is 11.8. The third-order valence-corrected chi connectivity index (χ3v) is 4.72. The van der Waals surface area contributed by atoms with Crippen LogP contribution in [0.5, 0.6) is 0 Å². The van der Waals surface area contributed by atoms with Crippen molar-refractivity contribution < 1.29 is 19.1 Å². The van der Waals surface area contributed by atoms with Crippen LogP contribution >= 0.6 is 0 Å². The number of aryl methyl sites for hydroxylation is 1. The molecule has 5 heteroatoms. The fraction of sp³-hybridized carbons (Fsp3) is 0.500. The molecule has 0 spiro atoms. The molecule has 1 aliphatic heterocycles. The van der Waals surface area contributed by atoms with Gasteiger partial charge in [0.2, 0.25) is 5.91 Å². The zero-order valence-electron chi connectivity index (χ0n) is 11.8. The molecule has 0 aromatic heterocycles. The summed E-state index contributed by atoms with van der Waals surface area (Å²) in [5, 5.41) is 9.34. The van der Waals surface area contributed by atoms with E-state index in [0.29, 0.717) is 19.4 Å². The average Bonchev–Trinajstić information content (AvgIpc) is 2.41. The summed E-state index contributed by atoms with van der Waals surface area (Å²) in [7, 11) is 0. The third kappa shape index (κ3) is 2.41. The van der Waals surface area contributed by atoms with Crippen molar-refractivity contribution in [2.75, 3.05) is 11.4 Å². The molecule has 0 unspecified atom stereocenters. The van der Waals surface area contributed by atoms with Gasteiger partial charge in [-0.15, -0.1) is 0 Å². The molecule has 112 valence electrons. The Morgan fingerprint density at radius 2 is 2.05 bits per heavy atom. The van der Waals surface area contributed by atoms with E-state index in [4.69, 9.17) is 0 Å². The second kappa shape index (κ2) is 5.13. The predicted octanol–water partition coefficient (Wildman–Crippen LogP) is 2.75. The molecule has 2 aliphatic rings. The fourth-order valence-electron chi connectivity index (χ4n) is 3.28. The first-order valence-corrected chi connectivity index (χ1v) is 7.34. The number of nitrogens with zero attached hydrogens (tertiary/aromatic N) is 1. The maximum Gasteiger partial charge on any atom is 0.310 e. The monoisotopic (exact) mass is 291 g/mol. The van der Waals surface area contributed by atoms with Gasteiger partial charge in [0, 0.05) is 18.7 Å². The first-order chi connectivity index (χ1) is 10.0. The minimum atomic E-state index is -0.880. The third-order valence-electron chi connectivity index (χ3n) is 4.72. The molecule has 1 aliphatic carbocycles. The van der Waals surface area contributed by atoms with E-state index >= 15 is 0 Å². The summed E-state index contributed by atoms with van der Waals surface area (Å²) >= 11 is 0. The molecule has 0 atom stereocenters. The lowest BCUT2D eigenvalue weighted by Gasteiger charge is -2.39. The van der Waals surface area contributed by atoms with Gasteiger partial charge in [-0.2, -0.15) is 0 Å². The Bertz CT molecular complexity index is 595. The Hall–Kier alpha value is -1.91. The van der Waals surface area contributed by atoms with Crippen LogP contribution in [0.1, 0.15) is 37.7 Å². The van der Waals surface area contributed by atoms with Gasteiger partial charge in [0.15, 0.2) is 0 Å². The topological polar surface area (TPSA) is 57.6 Å². The van der Waals surface area contributed by atoms with Crippen LogP contribution in [0.2, 0.25) is 0 Å². The molecule has 21 heavy (non-hydrogen) atoms. The number of amides is 1. The van der Waals surface area contributed by atoms with Crippen LogP contribution in [0.3, 0.4) is 0 Å². The Kier molecular flexibility index (Phi) is 3.43. The number of rotatable bonds is 3. The molecule has 1 aromatic carbocycles. The Labute approximate surface area is 122 Å². The smallest absolute Gasteiger partial charge is 0.310 e. The van der Waals surface area contributed by atoms with Gasteiger partial charge in [-0.1, -0.05) is 6.42 Å². The number of halogens is 1. The quantitative estimate of drug-likeness (QED) is 0.931. The summed E-state index contributed by atoms with van der Waals surface area (Å²) in [4.78, 5) is 25.5. The lowest BCUT2D eigenvalue weighted by molar-refractivity contribution is -0.157. The van der Waals surface area contributed by atoms with Gasteiger partial charge in [-0.25, -0.2) is 4.39 Å². The van der Waals surface area contributed by atoms with Gasteiger partial charge in [0.05, 0.1) is 5.41 Å². The molecule has 1 N–H and O–H groups in total. The molecule has 4 nitrogen and oxygen atoms in total. The summed E-state index contributed by atoms with van der Waals surface area (Å²) in [6, 6.07) is 4.43. The molecule has 1 saturated carbocycles. The standard InChI is InChI=1S/C16H18FNO3/c17-12-4-5-13-11(9-12)3-1-8-18(13)14(19)10-16(15(20)21)6-2-7-16/h4-5,9H,1-3,6-8,10H2,(H,20,21). The second-order valence-corrected chi connectivity index (χ2v) is 6.04. The van der Waals surface area contributed by atoms with Crippen LogP contribution in [0.25, 0.3) is 0 Å². The van der Waals surface area contributed by atoms with Crippen LogP contribution in [0.4, 0.5) is 10.1 Å². The van der Waals surface area contributed by atoms with Gasteiger partial charge < -0.3 is 10.0 Å². The van der Waals surface area contributed by atoms with Crippen LogP contribution in [0, 0.1) is 11.2 Å². The molecule has 0 radical (unpaired) electrons. The van der Waals surface area contributed by atoms with Gasteiger partial charge in [-0.3, -0.25) is 9.59 Å². The van der Waals surface area contributed by atoms with E-state index < -0.39 is 11.4 Å². The van der Waals surface area contributed by atoms with E-state index in [1.165, 1.54) is 12.1 Å². The maximum absolute atomic E-state index is 13.3. The van der Waals surface area contributed by atoms with Crippen molar-refractivity contribution in [3.05, 3.63) is 29.6 Å². The lowest BCUT2D eigenvalue weighted by atomic mass is 9.66. The summed E-state index contributed by atoms with van der Waals surface area (Å²) in [6.45, 7) is 0.577. The minimum absolute atomic E-state index is 0.0408. The van der Waals surface area contributed by atoms with E-state index in [2.05, 4.69) is 0 Å². The van der Waals surface area contributed by atoms with Crippen LogP contribution < -0.4 is 4.90 Å². The molecule has 1 fully saturated rings. The first-order valence-electron chi connectivity index (χ1n) is 7.34. The summed E-state index contributed by atoms with van der Waals surface area (Å²) in [5.74, 6) is -1.34. The summed E-state index contributed by atoms with van der Waals surface area (Å²) < 4.78 is 13.3. The summed E-state index contributed by atoms with van der Waals surface area (Å²) in [6.07, 6.45) is 3.57. The van der Waals surface area contributed by atoms with Crippen LogP contribution in [-0.4, -0.2) is 23.5 Å². The molecule has 1 aromatic rings. The van der Waals surface area contributed by atoms with Gasteiger partial charge in [0.1, 0.15) is 5.82 Å². The Morgan fingerprint density at radius 3 is 2.67 bits per heavy atom. The number of hydrogen-bond donors (Lipinski definition) is 1. The van der Waals surface area contributed by atoms with E-state index in [9.17, 15) is 19.1 Å². The highest BCUT2D eigenvalue weighted by Gasteiger charge is 2.46. The molecule has 1 heterocycles. The molecular formula is C16H18FNO3. The number of anilines is 1.